The second-order valence-corrected chi connectivity index (χ2v) is 11.2. The van der Waals surface area contributed by atoms with Gasteiger partial charge in [-0.05, 0) is 51.1 Å². The van der Waals surface area contributed by atoms with Crippen LogP contribution in [0.1, 0.15) is 49.5 Å². The zero-order valence-corrected chi connectivity index (χ0v) is 23.4. The number of piperidine rings is 1. The van der Waals surface area contributed by atoms with Crippen LogP contribution in [0.5, 0.6) is 11.5 Å². The van der Waals surface area contributed by atoms with Crippen molar-refractivity contribution in [2.24, 2.45) is 0 Å². The Hall–Kier alpha value is -3.89. The zero-order chi connectivity index (χ0) is 29.1. The van der Waals surface area contributed by atoms with Crippen LogP contribution in [0.4, 0.5) is 0 Å². The Bertz CT molecular complexity index is 1440. The van der Waals surface area contributed by atoms with Crippen LogP contribution in [-0.4, -0.2) is 72.5 Å². The van der Waals surface area contributed by atoms with Crippen molar-refractivity contribution in [1.29, 1.82) is 0 Å². The summed E-state index contributed by atoms with van der Waals surface area (Å²) in [6, 6.07) is 12.2. The number of likely N-dealkylation sites (tertiary alicyclic amines) is 1. The van der Waals surface area contributed by atoms with Crippen molar-refractivity contribution >= 4 is 17.9 Å². The Morgan fingerprint density at radius 1 is 1.10 bits per heavy atom. The predicted molar refractivity (Wildman–Crippen MR) is 144 cm³/mol. The molecule has 4 aliphatic rings. The molecule has 0 aromatic heterocycles. The van der Waals surface area contributed by atoms with Crippen molar-refractivity contribution in [3.8, 4) is 11.5 Å². The molecule has 2 unspecified atom stereocenters. The first-order valence-corrected chi connectivity index (χ1v) is 13.7. The Morgan fingerprint density at radius 2 is 1.85 bits per heavy atom. The summed E-state index contributed by atoms with van der Waals surface area (Å²) in [5.41, 5.74) is 0.437. The first-order chi connectivity index (χ1) is 19.6. The number of rotatable bonds is 7. The van der Waals surface area contributed by atoms with Gasteiger partial charge in [-0.2, -0.15) is 0 Å². The van der Waals surface area contributed by atoms with E-state index in [-0.39, 0.29) is 18.2 Å². The van der Waals surface area contributed by atoms with Crippen molar-refractivity contribution in [1.82, 2.24) is 4.90 Å². The van der Waals surface area contributed by atoms with Gasteiger partial charge in [0, 0.05) is 30.5 Å². The smallest absolute Gasteiger partial charge is 0.353 e. The normalized spacial score (nSPS) is 28.8. The fourth-order valence-corrected chi connectivity index (χ4v) is 7.12. The van der Waals surface area contributed by atoms with Crippen LogP contribution in [0, 0.1) is 0 Å². The molecule has 6 atom stereocenters. The molecule has 41 heavy (non-hydrogen) atoms. The van der Waals surface area contributed by atoms with Crippen molar-refractivity contribution in [2.75, 3.05) is 20.7 Å². The highest BCUT2D eigenvalue weighted by Crippen LogP contribution is 2.65. The molecule has 1 N–H and O–H groups in total. The molecular formula is C31H33NO9. The van der Waals surface area contributed by atoms with E-state index in [4.69, 9.17) is 23.7 Å². The molecule has 0 amide bonds. The lowest BCUT2D eigenvalue weighted by Crippen LogP contribution is -2.74. The van der Waals surface area contributed by atoms with Gasteiger partial charge in [-0.15, -0.1) is 0 Å². The standard InChI is InChI=1S/C31H33NO9/c1-17(38-29(35)25(39-18(2)33)19-8-6-5-7-9-19)28(34)40-22-12-13-31(36)23-16-20-10-11-21(37-4)26-24(20)30(31,27(22)41-26)14-15-32(23)3/h5-12,17,23,25,27,36H,13-16H2,1-4H3/t17?,23-,25?,27+,30+,31-/m1/s1. The number of carbonyl (C=O) groups is 3. The van der Waals surface area contributed by atoms with Crippen LogP contribution in [-0.2, 0) is 40.4 Å². The summed E-state index contributed by atoms with van der Waals surface area (Å²) in [4.78, 5) is 40.1. The predicted octanol–water partition coefficient (Wildman–Crippen LogP) is 2.75. The highest BCUT2D eigenvalue weighted by molar-refractivity contribution is 5.84. The average Bonchev–Trinajstić information content (AvgIpc) is 3.31. The number of likely N-dealkylation sites (N-methyl/N-ethyl adjacent to an activating group) is 1. The summed E-state index contributed by atoms with van der Waals surface area (Å²) in [5, 5.41) is 12.3. The van der Waals surface area contributed by atoms with Gasteiger partial charge >= 0.3 is 17.9 Å². The summed E-state index contributed by atoms with van der Waals surface area (Å²) in [5.74, 6) is -0.998. The molecule has 1 fully saturated rings. The van der Waals surface area contributed by atoms with Crippen LogP contribution in [0.15, 0.2) is 54.3 Å². The number of hydrogen-bond donors (Lipinski definition) is 1. The van der Waals surface area contributed by atoms with E-state index in [0.29, 0.717) is 29.9 Å². The molecule has 2 aliphatic heterocycles. The third-order valence-corrected chi connectivity index (χ3v) is 9.00. The van der Waals surface area contributed by atoms with Crippen LogP contribution >= 0.6 is 0 Å². The third-order valence-electron chi connectivity index (χ3n) is 9.00. The molecule has 10 nitrogen and oxygen atoms in total. The van der Waals surface area contributed by atoms with Crippen LogP contribution in [0.2, 0.25) is 0 Å². The molecule has 2 aromatic rings. The van der Waals surface area contributed by atoms with E-state index in [1.807, 2.05) is 19.2 Å². The van der Waals surface area contributed by atoms with Crippen molar-refractivity contribution in [2.45, 2.75) is 68.5 Å². The summed E-state index contributed by atoms with van der Waals surface area (Å²) in [7, 11) is 3.59. The Balaban J connectivity index is 1.27. The molecule has 216 valence electrons. The fraction of sp³-hybridized carbons (Fsp3) is 0.452. The van der Waals surface area contributed by atoms with E-state index >= 15 is 0 Å². The van der Waals surface area contributed by atoms with E-state index in [1.165, 1.54) is 13.8 Å². The highest BCUT2D eigenvalue weighted by Gasteiger charge is 2.72. The number of ether oxygens (including phenoxy) is 5. The SMILES string of the molecule is COc1ccc2c3c1O[C@H]1C(OC(=O)C(C)OC(=O)C(OC(C)=O)c4ccccc4)=CC[C@@]4(O)[C@@H](C2)N(C)CC[C@]314. The Morgan fingerprint density at radius 3 is 2.56 bits per heavy atom. The van der Waals surface area contributed by atoms with Crippen LogP contribution in [0.25, 0.3) is 0 Å². The van der Waals surface area contributed by atoms with Crippen molar-refractivity contribution < 1.29 is 43.2 Å². The minimum Gasteiger partial charge on any atom is -0.493 e. The van der Waals surface area contributed by atoms with Gasteiger partial charge < -0.3 is 33.7 Å². The van der Waals surface area contributed by atoms with Gasteiger partial charge in [0.25, 0.3) is 0 Å². The third kappa shape index (κ3) is 4.03. The molecule has 6 rings (SSSR count). The van der Waals surface area contributed by atoms with E-state index in [9.17, 15) is 19.5 Å². The second kappa shape index (κ2) is 9.88. The monoisotopic (exact) mass is 563 g/mol. The first-order valence-electron chi connectivity index (χ1n) is 13.7. The lowest BCUT2D eigenvalue weighted by Gasteiger charge is -2.61. The molecule has 2 aliphatic carbocycles. The summed E-state index contributed by atoms with van der Waals surface area (Å²) in [6.45, 7) is 3.32. The van der Waals surface area contributed by atoms with E-state index in [2.05, 4.69) is 4.90 Å². The van der Waals surface area contributed by atoms with Gasteiger partial charge in [-0.1, -0.05) is 36.4 Å². The number of carbonyl (C=O) groups excluding carboxylic acids is 3. The lowest BCUT2D eigenvalue weighted by molar-refractivity contribution is -0.180. The Labute approximate surface area is 237 Å². The molecule has 1 saturated heterocycles. The van der Waals surface area contributed by atoms with E-state index in [1.54, 1.807) is 43.5 Å². The molecule has 2 heterocycles. The minimum atomic E-state index is -1.33. The number of benzene rings is 2. The quantitative estimate of drug-likeness (QED) is 0.398. The number of nitrogens with zero attached hydrogens (tertiary/aromatic N) is 1. The van der Waals surface area contributed by atoms with Gasteiger partial charge in [0.1, 0.15) is 5.76 Å². The number of hydrogen-bond acceptors (Lipinski definition) is 10. The van der Waals surface area contributed by atoms with Crippen LogP contribution < -0.4 is 9.47 Å². The number of methoxy groups -OCH3 is 1. The summed E-state index contributed by atoms with van der Waals surface area (Å²) < 4.78 is 28.6. The molecular weight excluding hydrogens is 530 g/mol. The number of aliphatic hydroxyl groups is 1. The maximum absolute atomic E-state index is 13.3. The Kier molecular flexibility index (Phi) is 6.58. The van der Waals surface area contributed by atoms with E-state index < -0.39 is 47.2 Å². The van der Waals surface area contributed by atoms with Gasteiger partial charge in [-0.25, -0.2) is 9.59 Å². The van der Waals surface area contributed by atoms with E-state index in [0.717, 1.165) is 17.7 Å². The average molecular weight is 564 g/mol. The van der Waals surface area contributed by atoms with Gasteiger partial charge in [0.2, 0.25) is 6.10 Å². The zero-order valence-electron chi connectivity index (χ0n) is 23.4. The van der Waals surface area contributed by atoms with Crippen molar-refractivity contribution in [3.05, 3.63) is 71.0 Å². The largest absolute Gasteiger partial charge is 0.493 e. The maximum atomic E-state index is 13.3. The molecule has 0 radical (unpaired) electrons. The topological polar surface area (TPSA) is 121 Å². The molecule has 2 aromatic carbocycles. The van der Waals surface area contributed by atoms with Crippen molar-refractivity contribution in [3.63, 3.8) is 0 Å². The fourth-order valence-electron chi connectivity index (χ4n) is 7.12. The highest BCUT2D eigenvalue weighted by atomic mass is 16.6. The molecule has 2 bridgehead atoms. The summed E-state index contributed by atoms with van der Waals surface area (Å²) in [6.07, 6.45) is -0.189. The number of esters is 3. The minimum absolute atomic E-state index is 0.140. The maximum Gasteiger partial charge on any atom is 0.353 e. The summed E-state index contributed by atoms with van der Waals surface area (Å²) >= 11 is 0. The lowest BCUT2D eigenvalue weighted by atomic mass is 9.50. The van der Waals surface area contributed by atoms with Gasteiger partial charge in [-0.3, -0.25) is 4.79 Å². The first kappa shape index (κ1) is 27.3. The molecule has 0 saturated carbocycles. The van der Waals surface area contributed by atoms with Crippen LogP contribution in [0.3, 0.4) is 0 Å². The van der Waals surface area contributed by atoms with Gasteiger partial charge in [0.15, 0.2) is 23.7 Å². The molecule has 1 spiro atoms. The second-order valence-electron chi connectivity index (χ2n) is 11.2. The van der Waals surface area contributed by atoms with Gasteiger partial charge in [0.05, 0.1) is 18.1 Å². The molecule has 10 heteroatoms.